The number of aliphatic hydroxyl groups is 1. The number of rotatable bonds is 7. The zero-order chi connectivity index (χ0) is 18.2. The number of hydrogen-bond acceptors (Lipinski definition) is 4. The summed E-state index contributed by atoms with van der Waals surface area (Å²) in [5, 5.41) is 8.72. The minimum absolute atomic E-state index is 0.0426. The molecule has 1 atom stereocenters. The SMILES string of the molecule is CCC1CCN(C(=O)Cc2ccc(OCCO)cc2F)C=C1N=CN. The van der Waals surface area contributed by atoms with Crippen molar-refractivity contribution in [2.75, 3.05) is 19.8 Å². The Hall–Kier alpha value is -2.41. The fourth-order valence-corrected chi connectivity index (χ4v) is 2.80. The van der Waals surface area contributed by atoms with Crippen molar-refractivity contribution in [2.45, 2.75) is 26.2 Å². The van der Waals surface area contributed by atoms with E-state index in [4.69, 9.17) is 15.6 Å². The van der Waals surface area contributed by atoms with Crippen molar-refractivity contribution in [1.82, 2.24) is 4.90 Å². The van der Waals surface area contributed by atoms with Crippen LogP contribution in [0.15, 0.2) is 35.1 Å². The molecular formula is C18H24FN3O3. The van der Waals surface area contributed by atoms with Crippen LogP contribution in [0.2, 0.25) is 0 Å². The van der Waals surface area contributed by atoms with Gasteiger partial charge in [-0.05, 0) is 24.5 Å². The zero-order valence-electron chi connectivity index (χ0n) is 14.3. The van der Waals surface area contributed by atoms with Crippen LogP contribution in [0.1, 0.15) is 25.3 Å². The number of hydrogen-bond donors (Lipinski definition) is 2. The largest absolute Gasteiger partial charge is 0.491 e. The number of allylic oxidation sites excluding steroid dienone is 1. The van der Waals surface area contributed by atoms with E-state index >= 15 is 0 Å². The summed E-state index contributed by atoms with van der Waals surface area (Å²) in [7, 11) is 0. The van der Waals surface area contributed by atoms with Gasteiger partial charge < -0.3 is 20.5 Å². The molecule has 0 aliphatic carbocycles. The number of carbonyl (C=O) groups excluding carboxylic acids is 1. The number of nitrogens with two attached hydrogens (primary N) is 1. The number of benzene rings is 1. The van der Waals surface area contributed by atoms with Crippen molar-refractivity contribution in [1.29, 1.82) is 0 Å². The summed E-state index contributed by atoms with van der Waals surface area (Å²) in [6, 6.07) is 4.34. The van der Waals surface area contributed by atoms with Crippen LogP contribution >= 0.6 is 0 Å². The quantitative estimate of drug-likeness (QED) is 0.581. The third kappa shape index (κ3) is 5.03. The van der Waals surface area contributed by atoms with Crippen LogP contribution in [-0.4, -0.2) is 42.0 Å². The molecule has 0 saturated heterocycles. The molecule has 7 heteroatoms. The second-order valence-electron chi connectivity index (χ2n) is 5.82. The molecule has 25 heavy (non-hydrogen) atoms. The number of ether oxygens (including phenoxy) is 1. The van der Waals surface area contributed by atoms with E-state index in [0.29, 0.717) is 17.9 Å². The Labute approximate surface area is 146 Å². The summed E-state index contributed by atoms with van der Waals surface area (Å²) in [6.45, 7) is 2.60. The summed E-state index contributed by atoms with van der Waals surface area (Å²) in [5.41, 5.74) is 6.45. The van der Waals surface area contributed by atoms with E-state index in [9.17, 15) is 9.18 Å². The Balaban J connectivity index is 2.07. The lowest BCUT2D eigenvalue weighted by molar-refractivity contribution is -0.128. The van der Waals surface area contributed by atoms with E-state index in [2.05, 4.69) is 11.9 Å². The van der Waals surface area contributed by atoms with E-state index in [0.717, 1.165) is 18.5 Å². The zero-order valence-corrected chi connectivity index (χ0v) is 14.3. The van der Waals surface area contributed by atoms with Crippen molar-refractivity contribution < 1.29 is 19.0 Å². The van der Waals surface area contributed by atoms with Gasteiger partial charge in [-0.3, -0.25) is 4.79 Å². The van der Waals surface area contributed by atoms with Crippen LogP contribution < -0.4 is 10.5 Å². The van der Waals surface area contributed by atoms with Gasteiger partial charge in [-0.1, -0.05) is 13.0 Å². The molecule has 1 unspecified atom stereocenters. The number of aliphatic imine (C=N–C) groups is 1. The summed E-state index contributed by atoms with van der Waals surface area (Å²) < 4.78 is 19.3. The van der Waals surface area contributed by atoms with Gasteiger partial charge in [0, 0.05) is 24.7 Å². The Morgan fingerprint density at radius 3 is 3.00 bits per heavy atom. The molecule has 1 aliphatic rings. The minimum Gasteiger partial charge on any atom is -0.491 e. The van der Waals surface area contributed by atoms with E-state index < -0.39 is 5.82 Å². The Bertz CT molecular complexity index is 661. The maximum atomic E-state index is 14.2. The van der Waals surface area contributed by atoms with Gasteiger partial charge in [0.15, 0.2) is 0 Å². The van der Waals surface area contributed by atoms with Crippen molar-refractivity contribution in [3.8, 4) is 5.75 Å². The van der Waals surface area contributed by atoms with Crippen LogP contribution in [0.5, 0.6) is 5.75 Å². The predicted molar refractivity (Wildman–Crippen MR) is 93.6 cm³/mol. The third-order valence-corrected chi connectivity index (χ3v) is 4.19. The molecule has 0 aromatic heterocycles. The highest BCUT2D eigenvalue weighted by Crippen LogP contribution is 2.26. The van der Waals surface area contributed by atoms with Crippen LogP contribution in [0, 0.1) is 11.7 Å². The molecule has 1 heterocycles. The molecule has 3 N–H and O–H groups in total. The third-order valence-electron chi connectivity index (χ3n) is 4.19. The molecule has 0 radical (unpaired) electrons. The lowest BCUT2D eigenvalue weighted by atomic mass is 9.95. The minimum atomic E-state index is -0.503. The number of halogens is 1. The van der Waals surface area contributed by atoms with Crippen LogP contribution in [0.4, 0.5) is 4.39 Å². The van der Waals surface area contributed by atoms with Gasteiger partial charge in [0.2, 0.25) is 5.91 Å². The summed E-state index contributed by atoms with van der Waals surface area (Å²) in [4.78, 5) is 18.2. The molecule has 0 fully saturated rings. The fraction of sp³-hybridized carbons (Fsp3) is 0.444. The number of nitrogens with zero attached hydrogens (tertiary/aromatic N) is 2. The first-order valence-electron chi connectivity index (χ1n) is 8.36. The molecule has 1 amide bonds. The van der Waals surface area contributed by atoms with Crippen LogP contribution in [0.25, 0.3) is 0 Å². The molecular weight excluding hydrogens is 325 g/mol. The molecule has 0 spiro atoms. The average molecular weight is 349 g/mol. The lowest BCUT2D eigenvalue weighted by Crippen LogP contribution is -2.33. The lowest BCUT2D eigenvalue weighted by Gasteiger charge is -2.28. The first-order valence-corrected chi connectivity index (χ1v) is 8.36. The molecule has 1 aromatic rings. The van der Waals surface area contributed by atoms with Crippen molar-refractivity contribution in [3.05, 3.63) is 41.5 Å². The monoisotopic (exact) mass is 349 g/mol. The summed E-state index contributed by atoms with van der Waals surface area (Å²) in [6.07, 6.45) is 4.63. The topological polar surface area (TPSA) is 88.2 Å². The number of amides is 1. The summed E-state index contributed by atoms with van der Waals surface area (Å²) in [5.74, 6) is -0.0897. The normalized spacial score (nSPS) is 17.6. The molecule has 0 bridgehead atoms. The molecule has 1 aliphatic heterocycles. The molecule has 136 valence electrons. The smallest absolute Gasteiger partial charge is 0.231 e. The highest BCUT2D eigenvalue weighted by molar-refractivity contribution is 5.80. The van der Waals surface area contributed by atoms with E-state index in [1.54, 1.807) is 17.2 Å². The number of carbonyl (C=O) groups is 1. The van der Waals surface area contributed by atoms with Gasteiger partial charge in [-0.15, -0.1) is 0 Å². The molecule has 0 saturated carbocycles. The second-order valence-corrected chi connectivity index (χ2v) is 5.82. The van der Waals surface area contributed by atoms with Gasteiger partial charge in [0.05, 0.1) is 25.1 Å². The maximum absolute atomic E-state index is 14.2. The maximum Gasteiger partial charge on any atom is 0.231 e. The van der Waals surface area contributed by atoms with Gasteiger partial charge in [-0.2, -0.15) is 0 Å². The second kappa shape index (κ2) is 9.17. The van der Waals surface area contributed by atoms with E-state index in [1.807, 2.05) is 0 Å². The van der Waals surface area contributed by atoms with Gasteiger partial charge in [0.25, 0.3) is 0 Å². The van der Waals surface area contributed by atoms with E-state index in [1.165, 1.54) is 18.5 Å². The van der Waals surface area contributed by atoms with Gasteiger partial charge >= 0.3 is 0 Å². The first-order chi connectivity index (χ1) is 12.1. The predicted octanol–water partition coefficient (Wildman–Crippen LogP) is 1.83. The standard InChI is InChI=1S/C18H24FN3O3/c1-2-13-5-6-22(11-17(13)21-12-20)18(24)9-14-3-4-15(10-16(14)19)25-8-7-23/h3-4,10-13,23H,2,5-9H2,1H3,(H2,20,21). The van der Waals surface area contributed by atoms with Gasteiger partial charge in [-0.25, -0.2) is 9.38 Å². The van der Waals surface area contributed by atoms with Crippen molar-refractivity contribution >= 4 is 12.2 Å². The number of aliphatic hydroxyl groups excluding tert-OH is 1. The molecule has 2 rings (SSSR count). The molecule has 6 nitrogen and oxygen atoms in total. The van der Waals surface area contributed by atoms with Gasteiger partial charge in [0.1, 0.15) is 18.2 Å². The van der Waals surface area contributed by atoms with E-state index in [-0.39, 0.29) is 31.5 Å². The highest BCUT2D eigenvalue weighted by Gasteiger charge is 2.23. The Morgan fingerprint density at radius 2 is 2.36 bits per heavy atom. The highest BCUT2D eigenvalue weighted by atomic mass is 19.1. The first kappa shape index (κ1) is 18.9. The summed E-state index contributed by atoms with van der Waals surface area (Å²) >= 11 is 0. The van der Waals surface area contributed by atoms with Crippen LogP contribution in [0.3, 0.4) is 0 Å². The van der Waals surface area contributed by atoms with Crippen molar-refractivity contribution in [3.63, 3.8) is 0 Å². The Kier molecular flexibility index (Phi) is 6.94. The van der Waals surface area contributed by atoms with Crippen LogP contribution in [-0.2, 0) is 11.2 Å². The molecule has 1 aromatic carbocycles. The van der Waals surface area contributed by atoms with Crippen molar-refractivity contribution in [2.24, 2.45) is 16.6 Å². The average Bonchev–Trinajstić information content (AvgIpc) is 2.62. The fourth-order valence-electron chi connectivity index (χ4n) is 2.80. The Morgan fingerprint density at radius 1 is 1.56 bits per heavy atom.